The number of hydrogen-bond acceptors (Lipinski definition) is 3. The third kappa shape index (κ3) is 4.90. The highest BCUT2D eigenvalue weighted by Gasteiger charge is 2.24. The van der Waals surface area contributed by atoms with Crippen molar-refractivity contribution in [3.63, 3.8) is 0 Å². The van der Waals surface area contributed by atoms with Gasteiger partial charge in [0.05, 0.1) is 16.8 Å². The first-order chi connectivity index (χ1) is 25.3. The summed E-state index contributed by atoms with van der Waals surface area (Å²) in [5, 5.41) is 4.30. The van der Waals surface area contributed by atoms with Crippen molar-refractivity contribution in [1.82, 2.24) is 0 Å². The van der Waals surface area contributed by atoms with Gasteiger partial charge >= 0.3 is 0 Å². The fourth-order valence-electron chi connectivity index (χ4n) is 7.47. The van der Waals surface area contributed by atoms with Gasteiger partial charge in [-0.2, -0.15) is 0 Å². The minimum Gasteiger partial charge on any atom is -0.456 e. The molecule has 0 amide bonds. The second-order valence-corrected chi connectivity index (χ2v) is 12.9. The van der Waals surface area contributed by atoms with Crippen molar-refractivity contribution in [3.8, 4) is 33.4 Å². The van der Waals surface area contributed by atoms with E-state index in [2.05, 4.69) is 169 Å². The Kier molecular flexibility index (Phi) is 6.81. The van der Waals surface area contributed by atoms with Crippen molar-refractivity contribution in [2.75, 3.05) is 4.90 Å². The van der Waals surface area contributed by atoms with Gasteiger partial charge in [-0.05, 0) is 64.2 Å². The first-order valence-electron chi connectivity index (χ1n) is 17.3. The number of benzene rings is 8. The summed E-state index contributed by atoms with van der Waals surface area (Å²) in [7, 11) is 0. The molecule has 0 atom stereocenters. The monoisotopic (exact) mass is 653 g/mol. The van der Waals surface area contributed by atoms with Crippen molar-refractivity contribution < 1.29 is 8.83 Å². The summed E-state index contributed by atoms with van der Waals surface area (Å²) in [6, 6.07) is 66.0. The van der Waals surface area contributed by atoms with Gasteiger partial charge in [0.2, 0.25) is 0 Å². The van der Waals surface area contributed by atoms with Crippen LogP contribution in [0.1, 0.15) is 0 Å². The SMILES string of the molecule is c1ccc(-c2ccc(-c3ccc(N(c4cccc5c4oc4c(-c6ccccc6)cccc45)c4cccc5oc6ccccc6c45)cc3)cc2)cc1. The standard InChI is InChI=1S/C48H31NO2/c1-3-12-32(13-4-1)33-24-26-34(27-25-33)35-28-30-37(31-29-35)49(42-20-11-23-45-46(42)41-16-7-8-22-44(41)50-45)43-21-10-19-40-39-18-9-17-38(47(39)51-48(40)43)36-14-5-2-6-15-36/h1-31H. The maximum absolute atomic E-state index is 6.95. The van der Waals surface area contributed by atoms with Crippen LogP contribution in [0.15, 0.2) is 197 Å². The smallest absolute Gasteiger partial charge is 0.159 e. The van der Waals surface area contributed by atoms with Crippen molar-refractivity contribution in [3.05, 3.63) is 188 Å². The molecule has 0 bridgehead atoms. The number of hydrogen-bond donors (Lipinski definition) is 0. The van der Waals surface area contributed by atoms with Gasteiger partial charge < -0.3 is 13.7 Å². The summed E-state index contributed by atoms with van der Waals surface area (Å²) in [4.78, 5) is 2.32. The van der Waals surface area contributed by atoms with Crippen LogP contribution in [0.2, 0.25) is 0 Å². The third-order valence-corrected chi connectivity index (χ3v) is 9.90. The van der Waals surface area contributed by atoms with Crippen molar-refractivity contribution in [2.45, 2.75) is 0 Å². The molecule has 0 unspecified atom stereocenters. The topological polar surface area (TPSA) is 29.5 Å². The summed E-state index contributed by atoms with van der Waals surface area (Å²) in [6.07, 6.45) is 0. The average Bonchev–Trinajstić information content (AvgIpc) is 3.79. The zero-order chi connectivity index (χ0) is 33.7. The van der Waals surface area contributed by atoms with E-state index in [0.29, 0.717) is 0 Å². The van der Waals surface area contributed by atoms with Crippen LogP contribution in [0, 0.1) is 0 Å². The van der Waals surface area contributed by atoms with Crippen LogP contribution in [0.25, 0.3) is 77.3 Å². The molecule has 3 nitrogen and oxygen atoms in total. The molecule has 2 aromatic heterocycles. The lowest BCUT2D eigenvalue weighted by Gasteiger charge is -2.26. The molecule has 0 radical (unpaired) electrons. The Labute approximate surface area is 295 Å². The Morgan fingerprint density at radius 2 is 0.824 bits per heavy atom. The molecule has 2 heterocycles. The quantitative estimate of drug-likeness (QED) is 0.179. The lowest BCUT2D eigenvalue weighted by Crippen LogP contribution is -2.10. The Morgan fingerprint density at radius 3 is 1.55 bits per heavy atom. The first-order valence-corrected chi connectivity index (χ1v) is 17.3. The molecule has 10 rings (SSSR count). The average molecular weight is 654 g/mol. The molecular weight excluding hydrogens is 623 g/mol. The number of anilines is 3. The van der Waals surface area contributed by atoms with Gasteiger partial charge in [0.15, 0.2) is 5.58 Å². The fourth-order valence-corrected chi connectivity index (χ4v) is 7.47. The van der Waals surface area contributed by atoms with Crippen LogP contribution in [-0.4, -0.2) is 0 Å². The lowest BCUT2D eigenvalue weighted by atomic mass is 10.00. The highest BCUT2D eigenvalue weighted by atomic mass is 16.3. The van der Waals surface area contributed by atoms with E-state index in [9.17, 15) is 0 Å². The highest BCUT2D eigenvalue weighted by molar-refractivity contribution is 6.17. The number of rotatable bonds is 6. The van der Waals surface area contributed by atoms with Crippen LogP contribution in [0.4, 0.5) is 17.1 Å². The van der Waals surface area contributed by atoms with Gasteiger partial charge in [-0.3, -0.25) is 0 Å². The number of para-hydroxylation sites is 3. The van der Waals surface area contributed by atoms with E-state index in [4.69, 9.17) is 8.83 Å². The van der Waals surface area contributed by atoms with Gasteiger partial charge in [-0.25, -0.2) is 0 Å². The van der Waals surface area contributed by atoms with Crippen LogP contribution in [0.3, 0.4) is 0 Å². The number of furan rings is 2. The predicted molar refractivity (Wildman–Crippen MR) is 212 cm³/mol. The lowest BCUT2D eigenvalue weighted by molar-refractivity contribution is 0.668. The molecule has 51 heavy (non-hydrogen) atoms. The maximum atomic E-state index is 6.95. The predicted octanol–water partition coefficient (Wildman–Crippen LogP) is 14.0. The van der Waals surface area contributed by atoms with Crippen LogP contribution >= 0.6 is 0 Å². The second kappa shape index (κ2) is 11.9. The Balaban J connectivity index is 1.16. The zero-order valence-corrected chi connectivity index (χ0v) is 27.7. The van der Waals surface area contributed by atoms with E-state index in [1.807, 2.05) is 24.3 Å². The Hall–Kier alpha value is -6.84. The molecule has 0 N–H and O–H groups in total. The second-order valence-electron chi connectivity index (χ2n) is 12.9. The molecule has 3 heteroatoms. The first kappa shape index (κ1) is 29.1. The van der Waals surface area contributed by atoms with E-state index < -0.39 is 0 Å². The van der Waals surface area contributed by atoms with Crippen molar-refractivity contribution in [1.29, 1.82) is 0 Å². The van der Waals surface area contributed by atoms with E-state index in [-0.39, 0.29) is 0 Å². The summed E-state index contributed by atoms with van der Waals surface area (Å²) in [5.41, 5.74) is 13.4. The van der Waals surface area contributed by atoms with E-state index >= 15 is 0 Å². The summed E-state index contributed by atoms with van der Waals surface area (Å²) < 4.78 is 13.3. The van der Waals surface area contributed by atoms with E-state index in [1.54, 1.807) is 0 Å². The molecular formula is C48H31NO2. The molecule has 0 aliphatic heterocycles. The van der Waals surface area contributed by atoms with Crippen LogP contribution < -0.4 is 4.90 Å². The minimum atomic E-state index is 0.835. The molecule has 10 aromatic rings. The van der Waals surface area contributed by atoms with E-state index in [0.717, 1.165) is 77.6 Å². The fraction of sp³-hybridized carbons (Fsp3) is 0. The Bertz CT molecular complexity index is 2830. The van der Waals surface area contributed by atoms with Crippen LogP contribution in [-0.2, 0) is 0 Å². The summed E-state index contributed by atoms with van der Waals surface area (Å²) >= 11 is 0. The molecule has 0 saturated heterocycles. The minimum absolute atomic E-state index is 0.835. The molecule has 0 aliphatic carbocycles. The van der Waals surface area contributed by atoms with Crippen LogP contribution in [0.5, 0.6) is 0 Å². The zero-order valence-electron chi connectivity index (χ0n) is 27.7. The number of nitrogens with zero attached hydrogens (tertiary/aromatic N) is 1. The van der Waals surface area contributed by atoms with Gasteiger partial charge in [-0.15, -0.1) is 0 Å². The van der Waals surface area contributed by atoms with Gasteiger partial charge in [0.25, 0.3) is 0 Å². The molecule has 0 spiro atoms. The molecule has 0 saturated carbocycles. The van der Waals surface area contributed by atoms with Crippen molar-refractivity contribution >= 4 is 60.9 Å². The number of fused-ring (bicyclic) bond motifs is 6. The van der Waals surface area contributed by atoms with E-state index in [1.165, 1.54) is 16.7 Å². The van der Waals surface area contributed by atoms with Crippen molar-refractivity contribution in [2.24, 2.45) is 0 Å². The molecule has 240 valence electrons. The summed E-state index contributed by atoms with van der Waals surface area (Å²) in [6.45, 7) is 0. The molecule has 0 aliphatic rings. The molecule has 8 aromatic carbocycles. The van der Waals surface area contributed by atoms with Gasteiger partial charge in [0.1, 0.15) is 16.7 Å². The Morgan fingerprint density at radius 1 is 0.314 bits per heavy atom. The largest absolute Gasteiger partial charge is 0.456 e. The molecule has 0 fully saturated rings. The maximum Gasteiger partial charge on any atom is 0.159 e. The highest BCUT2D eigenvalue weighted by Crippen LogP contribution is 2.47. The normalized spacial score (nSPS) is 11.5. The van der Waals surface area contributed by atoms with Gasteiger partial charge in [0, 0.05) is 27.4 Å². The van der Waals surface area contributed by atoms with Gasteiger partial charge in [-0.1, -0.05) is 152 Å². The summed E-state index contributed by atoms with van der Waals surface area (Å²) in [5.74, 6) is 0. The third-order valence-electron chi connectivity index (χ3n) is 9.90.